The molecule has 114 valence electrons. The first kappa shape index (κ1) is 15.5. The number of aryl methyl sites for hydroxylation is 1. The number of carbonyl (C=O) groups is 3. The lowest BCUT2D eigenvalue weighted by atomic mass is 10.2. The second kappa shape index (κ2) is 7.21. The molecule has 1 heterocycles. The van der Waals surface area contributed by atoms with Crippen LogP contribution in [-0.2, 0) is 9.53 Å². The number of urea groups is 1. The van der Waals surface area contributed by atoms with E-state index in [4.69, 9.17) is 4.74 Å². The fraction of sp³-hybridized carbons (Fsp3) is 0.500. The van der Waals surface area contributed by atoms with Gasteiger partial charge in [-0.15, -0.1) is 11.3 Å². The molecule has 2 rings (SSSR count). The fourth-order valence-corrected chi connectivity index (χ4v) is 3.05. The van der Waals surface area contributed by atoms with Gasteiger partial charge < -0.3 is 10.1 Å². The van der Waals surface area contributed by atoms with Crippen LogP contribution in [0, 0.1) is 6.92 Å². The largest absolute Gasteiger partial charge is 0.451 e. The minimum absolute atomic E-state index is 0.133. The molecule has 1 aromatic heterocycles. The molecule has 0 bridgehead atoms. The predicted octanol–water partition coefficient (Wildman–Crippen LogP) is 1.98. The summed E-state index contributed by atoms with van der Waals surface area (Å²) in [5.74, 6) is -1.18. The van der Waals surface area contributed by atoms with E-state index in [2.05, 4.69) is 10.6 Å². The predicted molar refractivity (Wildman–Crippen MR) is 78.3 cm³/mol. The number of rotatable bonds is 4. The molecule has 0 unspecified atom stereocenters. The first-order valence-electron chi connectivity index (χ1n) is 6.88. The number of esters is 1. The van der Waals surface area contributed by atoms with Crippen LogP contribution in [0.4, 0.5) is 4.79 Å². The van der Waals surface area contributed by atoms with Crippen LogP contribution in [0.1, 0.15) is 40.9 Å². The highest BCUT2D eigenvalue weighted by molar-refractivity contribution is 7.12. The van der Waals surface area contributed by atoms with Crippen LogP contribution in [0.25, 0.3) is 0 Å². The Morgan fingerprint density at radius 1 is 1.33 bits per heavy atom. The summed E-state index contributed by atoms with van der Waals surface area (Å²) in [4.78, 5) is 35.3. The van der Waals surface area contributed by atoms with Gasteiger partial charge in [0.2, 0.25) is 0 Å². The van der Waals surface area contributed by atoms with E-state index in [1.165, 1.54) is 11.3 Å². The number of hydrogen-bond acceptors (Lipinski definition) is 5. The van der Waals surface area contributed by atoms with Crippen LogP contribution in [0.2, 0.25) is 0 Å². The molecule has 2 N–H and O–H groups in total. The Morgan fingerprint density at radius 2 is 2.05 bits per heavy atom. The molecule has 6 nitrogen and oxygen atoms in total. The highest BCUT2D eigenvalue weighted by Crippen LogP contribution is 2.17. The smallest absolute Gasteiger partial charge is 0.349 e. The van der Waals surface area contributed by atoms with Gasteiger partial charge in [0.25, 0.3) is 5.91 Å². The Morgan fingerprint density at radius 3 is 2.67 bits per heavy atom. The Kier molecular flexibility index (Phi) is 5.32. The molecule has 0 aromatic carbocycles. The molecule has 1 aliphatic carbocycles. The Hall–Kier alpha value is -1.89. The van der Waals surface area contributed by atoms with Gasteiger partial charge in [-0.1, -0.05) is 12.8 Å². The number of carbonyl (C=O) groups excluding carboxylic acids is 3. The summed E-state index contributed by atoms with van der Waals surface area (Å²) in [5, 5.41) is 6.66. The van der Waals surface area contributed by atoms with Crippen molar-refractivity contribution >= 4 is 29.2 Å². The third kappa shape index (κ3) is 4.56. The maximum Gasteiger partial charge on any atom is 0.349 e. The van der Waals surface area contributed by atoms with Gasteiger partial charge in [-0.3, -0.25) is 10.1 Å². The summed E-state index contributed by atoms with van der Waals surface area (Å²) >= 11 is 1.26. The third-order valence-electron chi connectivity index (χ3n) is 3.33. The second-order valence-corrected chi connectivity index (χ2v) is 5.93. The minimum Gasteiger partial charge on any atom is -0.451 e. The number of imide groups is 1. The molecule has 21 heavy (non-hydrogen) atoms. The topological polar surface area (TPSA) is 84.5 Å². The van der Waals surface area contributed by atoms with Gasteiger partial charge in [0.1, 0.15) is 4.88 Å². The van der Waals surface area contributed by atoms with Crippen molar-refractivity contribution in [3.05, 3.63) is 21.9 Å². The average molecular weight is 310 g/mol. The third-order valence-corrected chi connectivity index (χ3v) is 4.32. The molecule has 0 radical (unpaired) electrons. The van der Waals surface area contributed by atoms with Crippen molar-refractivity contribution in [3.63, 3.8) is 0 Å². The second-order valence-electron chi connectivity index (χ2n) is 5.01. The van der Waals surface area contributed by atoms with Crippen LogP contribution in [0.5, 0.6) is 0 Å². The molecule has 0 aliphatic heterocycles. The van der Waals surface area contributed by atoms with Gasteiger partial charge in [0.05, 0.1) is 0 Å². The van der Waals surface area contributed by atoms with Crippen LogP contribution in [0.3, 0.4) is 0 Å². The molecule has 0 spiro atoms. The van der Waals surface area contributed by atoms with Crippen molar-refractivity contribution in [2.75, 3.05) is 6.61 Å². The van der Waals surface area contributed by atoms with Gasteiger partial charge in [-0.2, -0.15) is 0 Å². The molecule has 3 amide bonds. The number of ether oxygens (including phenoxy) is 1. The molecular formula is C14H18N2O4S. The van der Waals surface area contributed by atoms with E-state index in [9.17, 15) is 14.4 Å². The van der Waals surface area contributed by atoms with Crippen LogP contribution < -0.4 is 10.6 Å². The molecule has 1 saturated carbocycles. The summed E-state index contributed by atoms with van der Waals surface area (Å²) < 4.78 is 4.88. The van der Waals surface area contributed by atoms with Crippen molar-refractivity contribution in [3.8, 4) is 0 Å². The van der Waals surface area contributed by atoms with Crippen molar-refractivity contribution in [2.24, 2.45) is 0 Å². The number of thiophene rings is 1. The van der Waals surface area contributed by atoms with Gasteiger partial charge in [0, 0.05) is 6.04 Å². The molecule has 0 saturated heterocycles. The van der Waals surface area contributed by atoms with Crippen LogP contribution in [-0.4, -0.2) is 30.6 Å². The van der Waals surface area contributed by atoms with E-state index >= 15 is 0 Å². The van der Waals surface area contributed by atoms with Crippen molar-refractivity contribution < 1.29 is 19.1 Å². The summed E-state index contributed by atoms with van der Waals surface area (Å²) in [7, 11) is 0. The van der Waals surface area contributed by atoms with Gasteiger partial charge in [0.15, 0.2) is 6.61 Å². The molecular weight excluding hydrogens is 292 g/mol. The van der Waals surface area contributed by atoms with Gasteiger partial charge in [-0.25, -0.2) is 9.59 Å². The zero-order valence-corrected chi connectivity index (χ0v) is 12.6. The van der Waals surface area contributed by atoms with Gasteiger partial charge in [-0.05, 0) is 36.8 Å². The summed E-state index contributed by atoms with van der Waals surface area (Å²) in [6.45, 7) is 1.33. The Bertz CT molecular complexity index is 535. The van der Waals surface area contributed by atoms with E-state index < -0.39 is 24.5 Å². The molecule has 7 heteroatoms. The first-order chi connectivity index (χ1) is 10.1. The van der Waals surface area contributed by atoms with E-state index in [1.54, 1.807) is 18.4 Å². The monoisotopic (exact) mass is 310 g/mol. The molecule has 1 aliphatic rings. The van der Waals surface area contributed by atoms with E-state index in [-0.39, 0.29) is 6.04 Å². The lowest BCUT2D eigenvalue weighted by Crippen LogP contribution is -2.44. The minimum atomic E-state index is -0.631. The van der Waals surface area contributed by atoms with Crippen molar-refractivity contribution in [2.45, 2.75) is 38.6 Å². The molecule has 0 atom stereocenters. The maximum atomic E-state index is 11.7. The van der Waals surface area contributed by atoms with E-state index in [1.807, 2.05) is 0 Å². The zero-order chi connectivity index (χ0) is 15.2. The van der Waals surface area contributed by atoms with Crippen LogP contribution in [0.15, 0.2) is 11.4 Å². The molecule has 1 aromatic rings. The Labute approximate surface area is 126 Å². The fourth-order valence-electron chi connectivity index (χ4n) is 2.23. The lowest BCUT2D eigenvalue weighted by Gasteiger charge is -2.12. The zero-order valence-electron chi connectivity index (χ0n) is 11.8. The van der Waals surface area contributed by atoms with Crippen molar-refractivity contribution in [1.82, 2.24) is 10.6 Å². The Balaban J connectivity index is 1.70. The van der Waals surface area contributed by atoms with E-state index in [0.29, 0.717) is 4.88 Å². The molecule has 1 fully saturated rings. The van der Waals surface area contributed by atoms with Crippen molar-refractivity contribution in [1.29, 1.82) is 0 Å². The highest BCUT2D eigenvalue weighted by atomic mass is 32.1. The first-order valence-corrected chi connectivity index (χ1v) is 7.76. The SMILES string of the molecule is Cc1ccsc1C(=O)OCC(=O)NC(=O)NC1CCCC1. The normalized spacial score (nSPS) is 14.7. The van der Waals surface area contributed by atoms with Crippen LogP contribution >= 0.6 is 11.3 Å². The maximum absolute atomic E-state index is 11.7. The number of amides is 3. The van der Waals surface area contributed by atoms with E-state index in [0.717, 1.165) is 31.2 Å². The summed E-state index contributed by atoms with van der Waals surface area (Å²) in [5.41, 5.74) is 0.810. The highest BCUT2D eigenvalue weighted by Gasteiger charge is 2.19. The summed E-state index contributed by atoms with van der Waals surface area (Å²) in [6.07, 6.45) is 4.07. The number of nitrogens with one attached hydrogen (secondary N) is 2. The summed E-state index contributed by atoms with van der Waals surface area (Å²) in [6, 6.07) is 1.40. The quantitative estimate of drug-likeness (QED) is 0.833. The standard InChI is InChI=1S/C14H18N2O4S/c1-9-6-7-21-12(9)13(18)20-8-11(17)16-14(19)15-10-4-2-3-5-10/h6-7,10H,2-5,8H2,1H3,(H2,15,16,17,19). The lowest BCUT2D eigenvalue weighted by molar-refractivity contribution is -0.123. The average Bonchev–Trinajstić information content (AvgIpc) is 3.07. The number of hydrogen-bond donors (Lipinski definition) is 2. The van der Waals surface area contributed by atoms with Gasteiger partial charge >= 0.3 is 12.0 Å².